The van der Waals surface area contributed by atoms with Gasteiger partial charge in [0.2, 0.25) is 5.91 Å². The highest BCUT2D eigenvalue weighted by atomic mass is 16.1. The van der Waals surface area contributed by atoms with E-state index >= 15 is 0 Å². The lowest BCUT2D eigenvalue weighted by atomic mass is 10.2. The van der Waals surface area contributed by atoms with Crippen LogP contribution in [0.4, 0.5) is 0 Å². The number of amides is 1. The predicted molar refractivity (Wildman–Crippen MR) is 59.4 cm³/mol. The molecule has 0 saturated carbocycles. The summed E-state index contributed by atoms with van der Waals surface area (Å²) in [6.45, 7) is 7.30. The van der Waals surface area contributed by atoms with Gasteiger partial charge in [0.05, 0.1) is 0 Å². The maximum Gasteiger partial charge on any atom is 0.243 e. The smallest absolute Gasteiger partial charge is 0.243 e. The quantitative estimate of drug-likeness (QED) is 0.509. The van der Waals surface area contributed by atoms with Gasteiger partial charge >= 0.3 is 0 Å². The fourth-order valence-corrected chi connectivity index (χ4v) is 0.694. The molecule has 3 heteroatoms. The van der Waals surface area contributed by atoms with E-state index < -0.39 is 0 Å². The van der Waals surface area contributed by atoms with Crippen LogP contribution < -0.4 is 11.1 Å². The third-order valence-electron chi connectivity index (χ3n) is 1.43. The molecule has 3 N–H and O–H groups in total. The normalized spacial score (nSPS) is 10.6. The van der Waals surface area contributed by atoms with Crippen molar-refractivity contribution >= 4 is 5.91 Å². The summed E-state index contributed by atoms with van der Waals surface area (Å²) in [5.74, 6) is -0.120. The van der Waals surface area contributed by atoms with Crippen LogP contribution >= 0.6 is 0 Å². The van der Waals surface area contributed by atoms with E-state index in [9.17, 15) is 4.79 Å². The average molecular weight is 192 g/mol. The van der Waals surface area contributed by atoms with Gasteiger partial charge in [-0.3, -0.25) is 4.79 Å². The van der Waals surface area contributed by atoms with E-state index in [1.165, 1.54) is 6.08 Å². The lowest BCUT2D eigenvalue weighted by Crippen LogP contribution is -2.13. The van der Waals surface area contributed by atoms with Crippen LogP contribution in [0.3, 0.4) is 0 Å². The van der Waals surface area contributed by atoms with Crippen molar-refractivity contribution in [1.29, 1.82) is 0 Å². The first-order chi connectivity index (χ1) is 6.56. The summed E-state index contributed by atoms with van der Waals surface area (Å²) in [6, 6.07) is 0. The zero-order chi connectivity index (χ0) is 11.0. The summed E-state index contributed by atoms with van der Waals surface area (Å²) in [7, 11) is 1.58. The summed E-state index contributed by atoms with van der Waals surface area (Å²) >= 11 is 0. The Balaban J connectivity index is 3.91. The van der Waals surface area contributed by atoms with Gasteiger partial charge in [-0.1, -0.05) is 30.9 Å². The minimum atomic E-state index is -0.120. The van der Waals surface area contributed by atoms with Gasteiger partial charge in [-0.05, 0) is 18.6 Å². The highest BCUT2D eigenvalue weighted by Crippen LogP contribution is 2.01. The second-order valence-corrected chi connectivity index (χ2v) is 2.79. The number of carbonyl (C=O) groups excluding carboxylic acids is 1. The van der Waals surface area contributed by atoms with E-state index in [4.69, 9.17) is 5.73 Å². The number of carbonyl (C=O) groups is 1. The maximum absolute atomic E-state index is 10.8. The molecule has 0 aromatic carbocycles. The predicted octanol–water partition coefficient (Wildman–Crippen LogP) is 1.26. The molecule has 0 aromatic heterocycles. The lowest BCUT2D eigenvalue weighted by molar-refractivity contribution is -0.116. The van der Waals surface area contributed by atoms with Gasteiger partial charge in [0.1, 0.15) is 0 Å². The Hall–Kier alpha value is -1.77. The fourth-order valence-electron chi connectivity index (χ4n) is 0.694. The summed E-state index contributed by atoms with van der Waals surface area (Å²) in [6.07, 6.45) is 7.28. The second kappa shape index (κ2) is 6.71. The van der Waals surface area contributed by atoms with Crippen molar-refractivity contribution in [1.82, 2.24) is 5.32 Å². The molecule has 76 valence electrons. The second-order valence-electron chi connectivity index (χ2n) is 2.79. The molecule has 0 fully saturated rings. The van der Waals surface area contributed by atoms with Crippen molar-refractivity contribution in [2.75, 3.05) is 7.05 Å². The number of nitrogens with two attached hydrogens (primary N) is 1. The van der Waals surface area contributed by atoms with Crippen LogP contribution in [0.15, 0.2) is 48.7 Å². The molecular weight excluding hydrogens is 176 g/mol. The van der Waals surface area contributed by atoms with E-state index in [1.54, 1.807) is 25.3 Å². The van der Waals surface area contributed by atoms with Crippen LogP contribution in [-0.2, 0) is 4.79 Å². The number of likely N-dealkylation sites (N-methyl/N-ethyl adjacent to an activating group) is 1. The average Bonchev–Trinajstić information content (AvgIpc) is 2.14. The minimum absolute atomic E-state index is 0.120. The Morgan fingerprint density at radius 2 is 2.00 bits per heavy atom. The Morgan fingerprint density at radius 3 is 2.50 bits per heavy atom. The van der Waals surface area contributed by atoms with Crippen LogP contribution in [0.25, 0.3) is 0 Å². The summed E-state index contributed by atoms with van der Waals surface area (Å²) in [5, 5.41) is 2.48. The molecule has 0 spiro atoms. The molecule has 0 heterocycles. The zero-order valence-corrected chi connectivity index (χ0v) is 8.42. The van der Waals surface area contributed by atoms with E-state index in [0.717, 1.165) is 5.57 Å². The molecular formula is C11H16N2O. The van der Waals surface area contributed by atoms with Crippen molar-refractivity contribution in [3.63, 3.8) is 0 Å². The Bertz CT molecular complexity index is 288. The van der Waals surface area contributed by atoms with Gasteiger partial charge in [-0.25, -0.2) is 0 Å². The van der Waals surface area contributed by atoms with Gasteiger partial charge in [0.15, 0.2) is 0 Å². The Kier molecular flexibility index (Phi) is 5.87. The van der Waals surface area contributed by atoms with E-state index in [-0.39, 0.29) is 5.91 Å². The van der Waals surface area contributed by atoms with Crippen molar-refractivity contribution in [3.05, 3.63) is 48.7 Å². The molecule has 0 radical (unpaired) electrons. The standard InChI is InChI=1S/C11H16N2O/c1-9(7-8-10(2)12)5-4-6-11(14)13-3/h4,6-8H,1-2,5,12H2,3H3,(H,13,14)/b6-4-,8-7-. The van der Waals surface area contributed by atoms with Gasteiger partial charge in [0.25, 0.3) is 0 Å². The largest absolute Gasteiger partial charge is 0.399 e. The minimum Gasteiger partial charge on any atom is -0.399 e. The monoisotopic (exact) mass is 192 g/mol. The van der Waals surface area contributed by atoms with Gasteiger partial charge in [-0.2, -0.15) is 0 Å². The van der Waals surface area contributed by atoms with Crippen LogP contribution in [0, 0.1) is 0 Å². The van der Waals surface area contributed by atoms with Crippen molar-refractivity contribution in [2.24, 2.45) is 5.73 Å². The highest BCUT2D eigenvalue weighted by Gasteiger charge is 1.88. The van der Waals surface area contributed by atoms with Crippen LogP contribution in [0.1, 0.15) is 6.42 Å². The molecule has 0 aliphatic rings. The zero-order valence-electron chi connectivity index (χ0n) is 8.42. The molecule has 0 aliphatic heterocycles. The number of hydrogen-bond donors (Lipinski definition) is 2. The SMILES string of the molecule is C=C(N)/C=C\C(=C)C/C=C\C(=O)NC. The van der Waals surface area contributed by atoms with Crippen molar-refractivity contribution in [2.45, 2.75) is 6.42 Å². The molecule has 0 atom stereocenters. The van der Waals surface area contributed by atoms with E-state index in [0.29, 0.717) is 12.1 Å². The molecule has 14 heavy (non-hydrogen) atoms. The molecule has 0 unspecified atom stereocenters. The third kappa shape index (κ3) is 6.91. The fraction of sp³-hybridized carbons (Fsp3) is 0.182. The Labute approximate surface area is 84.7 Å². The van der Waals surface area contributed by atoms with Crippen molar-refractivity contribution < 1.29 is 4.79 Å². The van der Waals surface area contributed by atoms with Gasteiger partial charge in [0, 0.05) is 12.7 Å². The molecule has 0 aromatic rings. The molecule has 0 saturated heterocycles. The maximum atomic E-state index is 10.8. The van der Waals surface area contributed by atoms with Crippen molar-refractivity contribution in [3.8, 4) is 0 Å². The number of hydrogen-bond acceptors (Lipinski definition) is 2. The van der Waals surface area contributed by atoms with Gasteiger partial charge in [-0.15, -0.1) is 0 Å². The molecule has 0 aliphatic carbocycles. The summed E-state index contributed by atoms with van der Waals surface area (Å²) < 4.78 is 0. The van der Waals surface area contributed by atoms with Crippen LogP contribution in [0.2, 0.25) is 0 Å². The number of rotatable bonds is 5. The topological polar surface area (TPSA) is 55.1 Å². The van der Waals surface area contributed by atoms with E-state index in [2.05, 4.69) is 18.5 Å². The van der Waals surface area contributed by atoms with E-state index in [1.807, 2.05) is 0 Å². The molecule has 0 rings (SSSR count). The molecule has 3 nitrogen and oxygen atoms in total. The summed E-state index contributed by atoms with van der Waals surface area (Å²) in [5.41, 5.74) is 6.69. The Morgan fingerprint density at radius 1 is 1.36 bits per heavy atom. The number of nitrogens with one attached hydrogen (secondary N) is 1. The molecule has 0 bridgehead atoms. The highest BCUT2D eigenvalue weighted by molar-refractivity contribution is 5.87. The first-order valence-electron chi connectivity index (χ1n) is 4.24. The first-order valence-corrected chi connectivity index (χ1v) is 4.24. The number of allylic oxidation sites excluding steroid dienone is 4. The van der Waals surface area contributed by atoms with Crippen LogP contribution in [0.5, 0.6) is 0 Å². The first kappa shape index (κ1) is 12.2. The van der Waals surface area contributed by atoms with Gasteiger partial charge < -0.3 is 11.1 Å². The summed E-state index contributed by atoms with van der Waals surface area (Å²) in [4.78, 5) is 10.8. The lowest BCUT2D eigenvalue weighted by Gasteiger charge is -1.94. The molecule has 1 amide bonds. The van der Waals surface area contributed by atoms with Crippen LogP contribution in [-0.4, -0.2) is 13.0 Å². The third-order valence-corrected chi connectivity index (χ3v) is 1.43.